The molecule has 26 heavy (non-hydrogen) atoms. The Kier molecular flexibility index (Phi) is 3.96. The molecule has 0 saturated carbocycles. The Morgan fingerprint density at radius 2 is 1.69 bits per heavy atom. The molecule has 0 radical (unpaired) electrons. The number of halogens is 1. The zero-order valence-corrected chi connectivity index (χ0v) is 16.2. The third-order valence-corrected chi connectivity index (χ3v) is 6.49. The molecule has 0 unspecified atom stereocenters. The maximum absolute atomic E-state index is 12.8. The molecule has 0 saturated heterocycles. The average molecular weight is 432 g/mol. The summed E-state index contributed by atoms with van der Waals surface area (Å²) in [6.07, 6.45) is 0. The first-order valence-electron chi connectivity index (χ1n) is 7.85. The van der Waals surface area contributed by atoms with Gasteiger partial charge in [0.25, 0.3) is 10.0 Å². The minimum Gasteiger partial charge on any atom is -0.245 e. The van der Waals surface area contributed by atoms with Gasteiger partial charge in [-0.1, -0.05) is 45.8 Å². The van der Waals surface area contributed by atoms with Crippen LogP contribution in [0.5, 0.6) is 0 Å². The number of carbonyl (C=O) groups is 1. The van der Waals surface area contributed by atoms with Crippen molar-refractivity contribution in [3.05, 3.63) is 70.3 Å². The van der Waals surface area contributed by atoms with E-state index in [1.165, 1.54) is 12.1 Å². The highest BCUT2D eigenvalue weighted by Crippen LogP contribution is 2.28. The first-order valence-corrected chi connectivity index (χ1v) is 10.1. The first-order chi connectivity index (χ1) is 12.4. The highest BCUT2D eigenvalue weighted by Gasteiger charge is 2.38. The molecular formula is C18H14BrN3O3S. The lowest BCUT2D eigenvalue weighted by molar-refractivity contribution is 0.229. The maximum atomic E-state index is 12.8. The third-order valence-electron chi connectivity index (χ3n) is 4.23. The van der Waals surface area contributed by atoms with Crippen molar-refractivity contribution in [1.29, 1.82) is 0 Å². The largest absolute Gasteiger partial charge is 0.359 e. The zero-order valence-electron chi connectivity index (χ0n) is 13.8. The Hall–Kier alpha value is -2.45. The topological polar surface area (TPSA) is 72.3 Å². The fourth-order valence-electron chi connectivity index (χ4n) is 2.81. The Morgan fingerprint density at radius 3 is 2.31 bits per heavy atom. The molecule has 132 valence electrons. The van der Waals surface area contributed by atoms with Gasteiger partial charge in [0.15, 0.2) is 0 Å². The molecule has 0 fully saturated rings. The van der Waals surface area contributed by atoms with Crippen LogP contribution in [-0.2, 0) is 16.6 Å². The van der Waals surface area contributed by atoms with E-state index < -0.39 is 16.1 Å². The number of aryl methyl sites for hydroxylation is 1. The van der Waals surface area contributed by atoms with Crippen molar-refractivity contribution in [2.45, 2.75) is 18.4 Å². The van der Waals surface area contributed by atoms with Gasteiger partial charge in [0.05, 0.1) is 22.8 Å². The van der Waals surface area contributed by atoms with Gasteiger partial charge in [0.2, 0.25) is 0 Å². The summed E-state index contributed by atoms with van der Waals surface area (Å²) in [5.74, 6) is 0. The molecule has 4 rings (SSSR count). The van der Waals surface area contributed by atoms with Crippen LogP contribution in [0, 0.1) is 6.92 Å². The van der Waals surface area contributed by atoms with Gasteiger partial charge in [0.1, 0.15) is 0 Å². The van der Waals surface area contributed by atoms with Crippen molar-refractivity contribution in [2.75, 3.05) is 0 Å². The van der Waals surface area contributed by atoms with Crippen LogP contribution in [0.4, 0.5) is 4.79 Å². The number of hydrogen-bond donors (Lipinski definition) is 0. The molecule has 0 aliphatic carbocycles. The van der Waals surface area contributed by atoms with Gasteiger partial charge in [-0.2, -0.15) is 9.78 Å². The van der Waals surface area contributed by atoms with Crippen molar-refractivity contribution in [3.63, 3.8) is 0 Å². The van der Waals surface area contributed by atoms with Crippen LogP contribution in [0.3, 0.4) is 0 Å². The van der Waals surface area contributed by atoms with Crippen molar-refractivity contribution in [2.24, 2.45) is 0 Å². The molecule has 2 aromatic carbocycles. The van der Waals surface area contributed by atoms with E-state index in [0.717, 1.165) is 24.6 Å². The van der Waals surface area contributed by atoms with Gasteiger partial charge in [-0.15, -0.1) is 0 Å². The second-order valence-electron chi connectivity index (χ2n) is 6.05. The second kappa shape index (κ2) is 6.07. The summed E-state index contributed by atoms with van der Waals surface area (Å²) in [7, 11) is -3.91. The van der Waals surface area contributed by atoms with Crippen LogP contribution in [0.2, 0.25) is 0 Å². The Morgan fingerprint density at radius 1 is 1.04 bits per heavy atom. The van der Waals surface area contributed by atoms with Crippen LogP contribution in [0.1, 0.15) is 11.3 Å². The van der Waals surface area contributed by atoms with E-state index in [4.69, 9.17) is 0 Å². The highest BCUT2D eigenvalue weighted by molar-refractivity contribution is 9.10. The Balaban J connectivity index is 1.66. The van der Waals surface area contributed by atoms with Gasteiger partial charge in [-0.05, 0) is 37.3 Å². The minimum absolute atomic E-state index is 0.0292. The second-order valence-corrected chi connectivity index (χ2v) is 8.82. The number of aromatic nitrogens is 2. The van der Waals surface area contributed by atoms with E-state index in [1.807, 2.05) is 31.2 Å². The van der Waals surface area contributed by atoms with Gasteiger partial charge < -0.3 is 0 Å². The van der Waals surface area contributed by atoms with Crippen LogP contribution >= 0.6 is 15.9 Å². The molecule has 8 heteroatoms. The lowest BCUT2D eigenvalue weighted by Gasteiger charge is -2.15. The first kappa shape index (κ1) is 17.0. The molecule has 0 bridgehead atoms. The smallest absolute Gasteiger partial charge is 0.245 e. The van der Waals surface area contributed by atoms with Crippen LogP contribution < -0.4 is 0 Å². The summed E-state index contributed by atoms with van der Waals surface area (Å²) in [6.45, 7) is 1.84. The van der Waals surface area contributed by atoms with Gasteiger partial charge in [-0.25, -0.2) is 17.5 Å². The predicted molar refractivity (Wildman–Crippen MR) is 100 cm³/mol. The lowest BCUT2D eigenvalue weighted by atomic mass is 10.1. The molecule has 2 heterocycles. The van der Waals surface area contributed by atoms with Crippen LogP contribution in [-0.4, -0.2) is 28.5 Å². The van der Waals surface area contributed by atoms with E-state index in [0.29, 0.717) is 11.4 Å². The van der Waals surface area contributed by atoms with E-state index in [2.05, 4.69) is 21.0 Å². The number of amides is 1. The number of rotatable bonds is 3. The highest BCUT2D eigenvalue weighted by atomic mass is 79.9. The number of fused-ring (bicyclic) bond motifs is 1. The lowest BCUT2D eigenvalue weighted by Crippen LogP contribution is -2.33. The zero-order chi connectivity index (χ0) is 18.5. The summed E-state index contributed by atoms with van der Waals surface area (Å²) in [5, 5.41) is 4.29. The number of nitrogens with zero attached hydrogens (tertiary/aromatic N) is 3. The standard InChI is InChI=1S/C18H14BrN3O3S/c1-12-2-8-16(9-3-12)26(24,25)21-11-15-10-17(20-22(15)18(21)23)13-4-6-14(19)7-5-13/h2-10H,11H2,1H3. The van der Waals surface area contributed by atoms with E-state index >= 15 is 0 Å². The third kappa shape index (κ3) is 2.75. The fraction of sp³-hybridized carbons (Fsp3) is 0.111. The Labute approximate surface area is 159 Å². The minimum atomic E-state index is -3.91. The predicted octanol–water partition coefficient (Wildman–Crippen LogP) is 3.79. The van der Waals surface area contributed by atoms with E-state index in [1.54, 1.807) is 18.2 Å². The van der Waals surface area contributed by atoms with Crippen molar-refractivity contribution in [3.8, 4) is 11.3 Å². The van der Waals surface area contributed by atoms with Crippen LogP contribution in [0.15, 0.2) is 64.0 Å². The Bertz CT molecular complexity index is 1100. The molecule has 1 amide bonds. The quantitative estimate of drug-likeness (QED) is 0.632. The normalized spacial score (nSPS) is 13.9. The molecular weight excluding hydrogens is 418 g/mol. The summed E-state index contributed by atoms with van der Waals surface area (Å²) < 4.78 is 28.5. The van der Waals surface area contributed by atoms with Gasteiger partial charge >= 0.3 is 6.03 Å². The SMILES string of the molecule is Cc1ccc(S(=O)(=O)N2Cc3cc(-c4ccc(Br)cc4)nn3C2=O)cc1. The van der Waals surface area contributed by atoms with Crippen molar-refractivity contribution < 1.29 is 13.2 Å². The number of carbonyl (C=O) groups excluding carboxylic acids is 1. The van der Waals surface area contributed by atoms with Crippen LogP contribution in [0.25, 0.3) is 11.3 Å². The number of sulfonamides is 1. The summed E-state index contributed by atoms with van der Waals surface area (Å²) in [6, 6.07) is 15.0. The molecule has 1 aromatic heterocycles. The average Bonchev–Trinajstić information content (AvgIpc) is 3.16. The number of hydrogen-bond acceptors (Lipinski definition) is 4. The van der Waals surface area contributed by atoms with E-state index in [-0.39, 0.29) is 11.4 Å². The summed E-state index contributed by atoms with van der Waals surface area (Å²) >= 11 is 3.38. The molecule has 1 aliphatic heterocycles. The molecule has 1 aliphatic rings. The summed E-state index contributed by atoms with van der Waals surface area (Å²) in [4.78, 5) is 12.7. The molecule has 3 aromatic rings. The van der Waals surface area contributed by atoms with Crippen molar-refractivity contribution in [1.82, 2.24) is 14.1 Å². The van der Waals surface area contributed by atoms with Crippen molar-refractivity contribution >= 4 is 32.0 Å². The maximum Gasteiger partial charge on any atom is 0.359 e. The van der Waals surface area contributed by atoms with Gasteiger partial charge in [-0.3, -0.25) is 0 Å². The monoisotopic (exact) mass is 431 g/mol. The molecule has 0 atom stereocenters. The number of benzene rings is 2. The molecule has 0 N–H and O–H groups in total. The molecule has 0 spiro atoms. The van der Waals surface area contributed by atoms with Gasteiger partial charge in [0, 0.05) is 10.0 Å². The molecule has 6 nitrogen and oxygen atoms in total. The van der Waals surface area contributed by atoms with E-state index in [9.17, 15) is 13.2 Å². The fourth-order valence-corrected chi connectivity index (χ4v) is 4.39. The summed E-state index contributed by atoms with van der Waals surface area (Å²) in [5.41, 5.74) is 2.98.